The third kappa shape index (κ3) is 7.85. The van der Waals surface area contributed by atoms with Gasteiger partial charge in [0.05, 0.1) is 6.04 Å². The number of benzene rings is 2. The second kappa shape index (κ2) is 12.9. The summed E-state index contributed by atoms with van der Waals surface area (Å²) in [5.41, 5.74) is 2.05. The number of ether oxygens (including phenoxy) is 1. The lowest BCUT2D eigenvalue weighted by Crippen LogP contribution is -2.58. The van der Waals surface area contributed by atoms with Crippen molar-refractivity contribution in [2.75, 3.05) is 32.7 Å². The fourth-order valence-corrected chi connectivity index (χ4v) is 6.12. The minimum absolute atomic E-state index is 0.148. The lowest BCUT2D eigenvalue weighted by Gasteiger charge is -2.47. The van der Waals surface area contributed by atoms with Crippen molar-refractivity contribution in [2.45, 2.75) is 71.6 Å². The van der Waals surface area contributed by atoms with Crippen LogP contribution in [-0.4, -0.2) is 71.1 Å². The van der Waals surface area contributed by atoms with Crippen LogP contribution in [0.2, 0.25) is 0 Å². The molecule has 0 aliphatic carbocycles. The summed E-state index contributed by atoms with van der Waals surface area (Å²) in [7, 11) is 0. The van der Waals surface area contributed by atoms with Crippen molar-refractivity contribution in [1.29, 1.82) is 0 Å². The maximum atomic E-state index is 13.6. The molecule has 2 amide bonds. The lowest BCUT2D eigenvalue weighted by molar-refractivity contribution is -0.139. The van der Waals surface area contributed by atoms with Crippen LogP contribution in [0.4, 0.5) is 4.79 Å². The number of amides is 2. The number of nitrogens with zero attached hydrogens (tertiary/aromatic N) is 3. The molecule has 2 aromatic rings. The van der Waals surface area contributed by atoms with Crippen LogP contribution in [-0.2, 0) is 9.53 Å². The fraction of sp³-hybridized carbons (Fsp3) is 0.562. The molecule has 0 bridgehead atoms. The van der Waals surface area contributed by atoms with Crippen LogP contribution in [0, 0.1) is 11.8 Å². The number of likely N-dealkylation sites (tertiary alicyclic amines) is 1. The van der Waals surface area contributed by atoms with Gasteiger partial charge in [-0.05, 0) is 68.7 Å². The van der Waals surface area contributed by atoms with E-state index in [2.05, 4.69) is 94.2 Å². The number of piperazine rings is 1. The summed E-state index contributed by atoms with van der Waals surface area (Å²) in [5, 5.41) is 0. The summed E-state index contributed by atoms with van der Waals surface area (Å²) in [6.45, 7) is 13.8. The summed E-state index contributed by atoms with van der Waals surface area (Å²) in [6, 6.07) is 19.6. The van der Waals surface area contributed by atoms with Gasteiger partial charge in [0.2, 0.25) is 5.91 Å². The van der Waals surface area contributed by atoms with Gasteiger partial charge in [0.1, 0.15) is 5.60 Å². The van der Waals surface area contributed by atoms with Crippen LogP contribution in [0.3, 0.4) is 0 Å². The Kier molecular flexibility index (Phi) is 9.76. The van der Waals surface area contributed by atoms with Crippen molar-refractivity contribution >= 4 is 27.9 Å². The predicted octanol–water partition coefficient (Wildman–Crippen LogP) is 6.74. The lowest BCUT2D eigenvalue weighted by atomic mass is 9.90. The highest BCUT2D eigenvalue weighted by atomic mass is 79.9. The van der Waals surface area contributed by atoms with Crippen LogP contribution in [0.1, 0.15) is 71.0 Å². The molecule has 0 N–H and O–H groups in total. The van der Waals surface area contributed by atoms with Crippen LogP contribution in [0.25, 0.3) is 0 Å². The van der Waals surface area contributed by atoms with Crippen molar-refractivity contribution < 1.29 is 14.3 Å². The summed E-state index contributed by atoms with van der Waals surface area (Å²) >= 11 is 3.58. The van der Waals surface area contributed by atoms with E-state index in [0.29, 0.717) is 31.3 Å². The number of halogens is 1. The highest BCUT2D eigenvalue weighted by Gasteiger charge is 2.37. The number of hydrogen-bond acceptors (Lipinski definition) is 4. The highest BCUT2D eigenvalue weighted by Crippen LogP contribution is 2.33. The van der Waals surface area contributed by atoms with Crippen molar-refractivity contribution in [3.05, 3.63) is 70.2 Å². The Morgan fingerprint density at radius 1 is 0.923 bits per heavy atom. The number of carbonyl (C=O) groups is 2. The van der Waals surface area contributed by atoms with Gasteiger partial charge >= 0.3 is 6.09 Å². The number of rotatable bonds is 6. The maximum absolute atomic E-state index is 13.6. The molecule has 39 heavy (non-hydrogen) atoms. The van der Waals surface area contributed by atoms with E-state index in [1.807, 2.05) is 20.8 Å². The second-order valence-corrected chi connectivity index (χ2v) is 13.3. The largest absolute Gasteiger partial charge is 0.444 e. The SMILES string of the molecule is CC(C)C1CN(C(c2ccccc2)c2ccc(Br)cc2)CCN1C(=O)CC1CCN(C(=O)OC(C)(C)C)CC1. The molecule has 2 aromatic carbocycles. The Hall–Kier alpha value is -2.38. The molecule has 2 heterocycles. The van der Waals surface area contributed by atoms with Crippen molar-refractivity contribution in [3.8, 4) is 0 Å². The first-order valence-electron chi connectivity index (χ1n) is 14.3. The maximum Gasteiger partial charge on any atom is 0.410 e. The average molecular weight is 599 g/mol. The van der Waals surface area contributed by atoms with Crippen LogP contribution >= 0.6 is 15.9 Å². The molecule has 0 radical (unpaired) electrons. The Labute approximate surface area is 242 Å². The van der Waals surface area contributed by atoms with E-state index in [0.717, 1.165) is 36.9 Å². The number of carbonyl (C=O) groups excluding carboxylic acids is 2. The van der Waals surface area contributed by atoms with Gasteiger partial charge in [0.15, 0.2) is 0 Å². The number of hydrogen-bond donors (Lipinski definition) is 0. The Morgan fingerprint density at radius 3 is 2.13 bits per heavy atom. The summed E-state index contributed by atoms with van der Waals surface area (Å²) in [5.74, 6) is 0.915. The Balaban J connectivity index is 1.41. The summed E-state index contributed by atoms with van der Waals surface area (Å²) in [6.07, 6.45) is 2.00. The molecule has 2 atom stereocenters. The van der Waals surface area contributed by atoms with E-state index in [1.165, 1.54) is 11.1 Å². The summed E-state index contributed by atoms with van der Waals surface area (Å²) in [4.78, 5) is 32.5. The number of piperidine rings is 1. The molecular weight excluding hydrogens is 554 g/mol. The topological polar surface area (TPSA) is 53.1 Å². The molecule has 4 rings (SSSR count). The molecule has 2 fully saturated rings. The smallest absolute Gasteiger partial charge is 0.410 e. The van der Waals surface area contributed by atoms with Gasteiger partial charge in [0.25, 0.3) is 0 Å². The predicted molar refractivity (Wildman–Crippen MR) is 159 cm³/mol. The monoisotopic (exact) mass is 597 g/mol. The summed E-state index contributed by atoms with van der Waals surface area (Å²) < 4.78 is 6.61. The molecule has 2 aliphatic heterocycles. The van der Waals surface area contributed by atoms with Crippen LogP contribution in [0.5, 0.6) is 0 Å². The molecule has 0 saturated carbocycles. The zero-order valence-corrected chi connectivity index (χ0v) is 25.7. The van der Waals surface area contributed by atoms with Gasteiger partial charge in [-0.3, -0.25) is 9.69 Å². The van der Waals surface area contributed by atoms with Crippen molar-refractivity contribution in [1.82, 2.24) is 14.7 Å². The second-order valence-electron chi connectivity index (χ2n) is 12.4. The fourth-order valence-electron chi connectivity index (χ4n) is 5.85. The third-order valence-electron chi connectivity index (χ3n) is 7.94. The van der Waals surface area contributed by atoms with E-state index >= 15 is 0 Å². The van der Waals surface area contributed by atoms with Gasteiger partial charge in [-0.1, -0.05) is 72.2 Å². The first-order chi connectivity index (χ1) is 18.5. The van der Waals surface area contributed by atoms with Crippen molar-refractivity contribution in [2.24, 2.45) is 11.8 Å². The van der Waals surface area contributed by atoms with E-state index < -0.39 is 5.60 Å². The molecule has 2 aliphatic rings. The van der Waals surface area contributed by atoms with Gasteiger partial charge in [-0.25, -0.2) is 4.79 Å². The van der Waals surface area contributed by atoms with Gasteiger partial charge in [-0.2, -0.15) is 0 Å². The van der Waals surface area contributed by atoms with Gasteiger partial charge in [0, 0.05) is 49.7 Å². The molecule has 0 spiro atoms. The Bertz CT molecular complexity index is 1090. The normalized spacial score (nSPS) is 20.2. The molecular formula is C32H44BrN3O3. The van der Waals surface area contributed by atoms with Gasteiger partial charge in [-0.15, -0.1) is 0 Å². The molecule has 7 heteroatoms. The zero-order valence-electron chi connectivity index (χ0n) is 24.1. The average Bonchev–Trinajstić information content (AvgIpc) is 2.90. The van der Waals surface area contributed by atoms with E-state index in [4.69, 9.17) is 4.74 Å². The molecule has 6 nitrogen and oxygen atoms in total. The van der Waals surface area contributed by atoms with Crippen molar-refractivity contribution in [3.63, 3.8) is 0 Å². The first kappa shape index (κ1) is 29.6. The zero-order chi connectivity index (χ0) is 28.2. The first-order valence-corrected chi connectivity index (χ1v) is 15.1. The van der Waals surface area contributed by atoms with Crippen LogP contribution in [0.15, 0.2) is 59.1 Å². The minimum atomic E-state index is -0.491. The molecule has 2 unspecified atom stereocenters. The minimum Gasteiger partial charge on any atom is -0.444 e. The molecule has 2 saturated heterocycles. The molecule has 0 aromatic heterocycles. The third-order valence-corrected chi connectivity index (χ3v) is 8.46. The van der Waals surface area contributed by atoms with Crippen LogP contribution < -0.4 is 0 Å². The highest BCUT2D eigenvalue weighted by molar-refractivity contribution is 9.10. The quantitative estimate of drug-likeness (QED) is 0.370. The Morgan fingerprint density at radius 2 is 1.54 bits per heavy atom. The van der Waals surface area contributed by atoms with E-state index in [-0.39, 0.29) is 24.1 Å². The van der Waals surface area contributed by atoms with E-state index in [1.54, 1.807) is 4.90 Å². The van der Waals surface area contributed by atoms with E-state index in [9.17, 15) is 9.59 Å². The standard InChI is InChI=1S/C32H44BrN3O3/c1-23(2)28-22-35(30(25-9-7-6-8-10-25)26-11-13-27(33)14-12-26)19-20-36(28)29(37)21-24-15-17-34(18-16-24)31(38)39-32(3,4)5/h6-14,23-24,28,30H,15-22H2,1-5H3. The molecule has 212 valence electrons. The van der Waals surface area contributed by atoms with Gasteiger partial charge < -0.3 is 14.5 Å².